The van der Waals surface area contributed by atoms with E-state index in [4.69, 9.17) is 0 Å². The number of fused-ring (bicyclic) bond motifs is 1. The summed E-state index contributed by atoms with van der Waals surface area (Å²) in [5.41, 5.74) is 1.61. The zero-order valence-corrected chi connectivity index (χ0v) is 17.8. The Morgan fingerprint density at radius 2 is 1.77 bits per heavy atom. The molecule has 0 radical (unpaired) electrons. The molecule has 0 bridgehead atoms. The fourth-order valence-corrected chi connectivity index (χ4v) is 5.40. The maximum absolute atomic E-state index is 13.4. The summed E-state index contributed by atoms with van der Waals surface area (Å²) in [6.45, 7) is 4.83. The first-order chi connectivity index (χ1) is 15.2. The second-order valence-electron chi connectivity index (χ2n) is 8.92. The predicted octanol–water partition coefficient (Wildman–Crippen LogP) is 2.31. The topological polar surface area (TPSA) is 69.6 Å². The van der Waals surface area contributed by atoms with Crippen LogP contribution in [0.4, 0.5) is 5.69 Å². The Morgan fingerprint density at radius 3 is 2.58 bits per heavy atom. The summed E-state index contributed by atoms with van der Waals surface area (Å²) in [5.74, 6) is 1.09. The van der Waals surface area contributed by atoms with E-state index in [0.29, 0.717) is 18.2 Å². The molecule has 3 heterocycles. The molecule has 1 aromatic heterocycles. The first-order valence-corrected chi connectivity index (χ1v) is 11.4. The molecular formula is C24H29N5O2. The third kappa shape index (κ3) is 4.01. The fourth-order valence-electron chi connectivity index (χ4n) is 5.40. The Hall–Kier alpha value is -2.96. The average molecular weight is 420 g/mol. The Labute approximate surface area is 183 Å². The SMILES string of the molecule is O=C(c1cccnn1)N1CC[C@@H]2C[C@@H](C(=O)N3CCCN(c4ccccc4)CC3)[C@@H]2C1. The minimum atomic E-state index is -0.0714. The van der Waals surface area contributed by atoms with E-state index >= 15 is 0 Å². The monoisotopic (exact) mass is 419 g/mol. The lowest BCUT2D eigenvalue weighted by molar-refractivity contribution is -0.147. The molecule has 3 atom stereocenters. The van der Waals surface area contributed by atoms with E-state index in [1.807, 2.05) is 11.0 Å². The molecule has 5 rings (SSSR count). The molecule has 0 N–H and O–H groups in total. The molecule has 0 spiro atoms. The van der Waals surface area contributed by atoms with Crippen molar-refractivity contribution in [3.8, 4) is 0 Å². The lowest BCUT2D eigenvalue weighted by Gasteiger charge is -2.51. The summed E-state index contributed by atoms with van der Waals surface area (Å²) in [5, 5.41) is 7.79. The summed E-state index contributed by atoms with van der Waals surface area (Å²) in [6.07, 6.45) is 4.50. The normalized spacial score (nSPS) is 25.9. The number of rotatable bonds is 3. The van der Waals surface area contributed by atoms with Gasteiger partial charge in [-0.15, -0.1) is 5.10 Å². The predicted molar refractivity (Wildman–Crippen MR) is 117 cm³/mol. The Kier molecular flexibility index (Phi) is 5.57. The van der Waals surface area contributed by atoms with E-state index in [-0.39, 0.29) is 23.7 Å². The minimum Gasteiger partial charge on any atom is -0.370 e. The van der Waals surface area contributed by atoms with Crippen molar-refractivity contribution in [3.63, 3.8) is 0 Å². The Bertz CT molecular complexity index is 922. The van der Waals surface area contributed by atoms with E-state index in [9.17, 15) is 9.59 Å². The molecule has 7 nitrogen and oxygen atoms in total. The first-order valence-electron chi connectivity index (χ1n) is 11.4. The molecule has 7 heteroatoms. The number of piperidine rings is 1. The van der Waals surface area contributed by atoms with Crippen molar-refractivity contribution in [2.75, 3.05) is 44.2 Å². The molecular weight excluding hydrogens is 390 g/mol. The molecule has 1 saturated carbocycles. The highest BCUT2D eigenvalue weighted by Crippen LogP contribution is 2.46. The van der Waals surface area contributed by atoms with Crippen LogP contribution in [0.15, 0.2) is 48.7 Å². The molecule has 1 aliphatic carbocycles. The van der Waals surface area contributed by atoms with Gasteiger partial charge in [0.25, 0.3) is 5.91 Å². The highest BCUT2D eigenvalue weighted by molar-refractivity contribution is 5.92. The standard InChI is InChI=1S/C24H29N5O2/c30-23(28-12-5-11-27(14-15-28)19-6-2-1-3-7-19)20-16-18-9-13-29(17-21(18)20)24(31)22-8-4-10-25-26-22/h1-4,6-8,10,18,20-21H,5,9,11-17H2/t18-,20-,21-/m1/s1. The number of likely N-dealkylation sites (tertiary alicyclic amines) is 1. The van der Waals surface area contributed by atoms with E-state index in [1.165, 1.54) is 5.69 Å². The van der Waals surface area contributed by atoms with Gasteiger partial charge >= 0.3 is 0 Å². The lowest BCUT2D eigenvalue weighted by atomic mass is 9.61. The summed E-state index contributed by atoms with van der Waals surface area (Å²) in [6, 6.07) is 13.9. The number of carbonyl (C=O) groups excluding carboxylic acids is 2. The van der Waals surface area contributed by atoms with E-state index < -0.39 is 0 Å². The average Bonchev–Trinajstić information content (AvgIpc) is 3.07. The molecule has 0 unspecified atom stereocenters. The number of hydrogen-bond acceptors (Lipinski definition) is 5. The third-order valence-electron chi connectivity index (χ3n) is 7.20. The molecule has 162 valence electrons. The minimum absolute atomic E-state index is 0.0470. The quantitative estimate of drug-likeness (QED) is 0.764. The maximum Gasteiger partial charge on any atom is 0.274 e. The van der Waals surface area contributed by atoms with Crippen LogP contribution in [-0.2, 0) is 4.79 Å². The van der Waals surface area contributed by atoms with Gasteiger partial charge in [0.1, 0.15) is 0 Å². The smallest absolute Gasteiger partial charge is 0.274 e. The number of benzene rings is 1. The molecule has 1 aromatic carbocycles. The lowest BCUT2D eigenvalue weighted by Crippen LogP contribution is -2.57. The van der Waals surface area contributed by atoms with Crippen LogP contribution in [0.1, 0.15) is 29.8 Å². The number of carbonyl (C=O) groups is 2. The van der Waals surface area contributed by atoms with Gasteiger partial charge in [0, 0.05) is 57.1 Å². The second kappa shape index (κ2) is 8.65. The van der Waals surface area contributed by atoms with Gasteiger partial charge in [0.05, 0.1) is 0 Å². The van der Waals surface area contributed by atoms with Gasteiger partial charge in [0.2, 0.25) is 5.91 Å². The van der Waals surface area contributed by atoms with Crippen molar-refractivity contribution in [3.05, 3.63) is 54.4 Å². The number of nitrogens with zero attached hydrogens (tertiary/aromatic N) is 5. The van der Waals surface area contributed by atoms with Crippen LogP contribution in [0.2, 0.25) is 0 Å². The highest BCUT2D eigenvalue weighted by atomic mass is 16.2. The van der Waals surface area contributed by atoms with E-state index in [2.05, 4.69) is 44.3 Å². The van der Waals surface area contributed by atoms with E-state index in [1.54, 1.807) is 18.3 Å². The van der Waals surface area contributed by atoms with Gasteiger partial charge in [0.15, 0.2) is 5.69 Å². The summed E-state index contributed by atoms with van der Waals surface area (Å²) in [7, 11) is 0. The van der Waals surface area contributed by atoms with Crippen LogP contribution in [-0.4, -0.2) is 71.1 Å². The Morgan fingerprint density at radius 1 is 0.903 bits per heavy atom. The maximum atomic E-state index is 13.4. The van der Waals surface area contributed by atoms with E-state index in [0.717, 1.165) is 52.0 Å². The van der Waals surface area contributed by atoms with Crippen molar-refractivity contribution < 1.29 is 9.59 Å². The van der Waals surface area contributed by atoms with Gasteiger partial charge in [-0.3, -0.25) is 9.59 Å². The molecule has 3 fully saturated rings. The van der Waals surface area contributed by atoms with Gasteiger partial charge in [-0.2, -0.15) is 5.10 Å². The number of amides is 2. The van der Waals surface area contributed by atoms with Gasteiger partial charge in [-0.1, -0.05) is 18.2 Å². The van der Waals surface area contributed by atoms with Gasteiger partial charge in [-0.25, -0.2) is 0 Å². The highest BCUT2D eigenvalue weighted by Gasteiger charge is 2.49. The fraction of sp³-hybridized carbons (Fsp3) is 0.500. The molecule has 2 saturated heterocycles. The van der Waals surface area contributed by atoms with Crippen LogP contribution in [0.5, 0.6) is 0 Å². The van der Waals surface area contributed by atoms with Crippen molar-refractivity contribution in [2.45, 2.75) is 19.3 Å². The number of aromatic nitrogens is 2. The van der Waals surface area contributed by atoms with Crippen molar-refractivity contribution >= 4 is 17.5 Å². The molecule has 31 heavy (non-hydrogen) atoms. The summed E-state index contributed by atoms with van der Waals surface area (Å²) >= 11 is 0. The van der Waals surface area contributed by atoms with Crippen LogP contribution >= 0.6 is 0 Å². The van der Waals surface area contributed by atoms with Crippen LogP contribution in [0.3, 0.4) is 0 Å². The zero-order valence-electron chi connectivity index (χ0n) is 17.8. The zero-order chi connectivity index (χ0) is 21.2. The summed E-state index contributed by atoms with van der Waals surface area (Å²) in [4.78, 5) is 32.5. The molecule has 3 aliphatic rings. The number of hydrogen-bond donors (Lipinski definition) is 0. The Balaban J connectivity index is 1.20. The van der Waals surface area contributed by atoms with Crippen molar-refractivity contribution in [1.82, 2.24) is 20.0 Å². The summed E-state index contributed by atoms with van der Waals surface area (Å²) < 4.78 is 0. The molecule has 2 aliphatic heterocycles. The first kappa shape index (κ1) is 20.0. The van der Waals surface area contributed by atoms with Crippen LogP contribution in [0, 0.1) is 17.8 Å². The van der Waals surface area contributed by atoms with Crippen molar-refractivity contribution in [1.29, 1.82) is 0 Å². The number of para-hydroxylation sites is 1. The van der Waals surface area contributed by atoms with Crippen LogP contribution < -0.4 is 4.90 Å². The van der Waals surface area contributed by atoms with Crippen molar-refractivity contribution in [2.24, 2.45) is 17.8 Å². The van der Waals surface area contributed by atoms with Gasteiger partial charge < -0.3 is 14.7 Å². The van der Waals surface area contributed by atoms with Gasteiger partial charge in [-0.05, 0) is 55.4 Å². The second-order valence-corrected chi connectivity index (χ2v) is 8.92. The molecule has 2 aromatic rings. The number of anilines is 1. The third-order valence-corrected chi connectivity index (χ3v) is 7.20. The largest absolute Gasteiger partial charge is 0.370 e. The molecule has 2 amide bonds. The van der Waals surface area contributed by atoms with Crippen LogP contribution in [0.25, 0.3) is 0 Å².